The maximum Gasteiger partial charge on any atom is 0.138 e. The van der Waals surface area contributed by atoms with Crippen molar-refractivity contribution >= 4 is 27.5 Å². The van der Waals surface area contributed by atoms with Crippen LogP contribution in [0.2, 0.25) is 5.02 Å². The van der Waals surface area contributed by atoms with Crippen LogP contribution in [-0.2, 0) is 0 Å². The molecule has 0 amide bonds. The van der Waals surface area contributed by atoms with Gasteiger partial charge in [-0.25, -0.2) is 0 Å². The molecule has 20 heavy (non-hydrogen) atoms. The molecule has 0 bridgehead atoms. The molecule has 2 rings (SSSR count). The van der Waals surface area contributed by atoms with Crippen LogP contribution >= 0.6 is 27.5 Å². The minimum atomic E-state index is -0.502. The molecule has 1 aliphatic rings. The van der Waals surface area contributed by atoms with E-state index in [9.17, 15) is 5.11 Å². The van der Waals surface area contributed by atoms with E-state index in [4.69, 9.17) is 16.3 Å². The average molecular weight is 362 g/mol. The molecule has 112 valence electrons. The van der Waals surface area contributed by atoms with Crippen LogP contribution in [0.5, 0.6) is 5.75 Å². The van der Waals surface area contributed by atoms with E-state index in [-0.39, 0.29) is 0 Å². The van der Waals surface area contributed by atoms with Gasteiger partial charge in [0.05, 0.1) is 17.7 Å². The van der Waals surface area contributed by atoms with Crippen molar-refractivity contribution in [1.29, 1.82) is 0 Å². The Labute approximate surface area is 134 Å². The van der Waals surface area contributed by atoms with E-state index in [1.165, 1.54) is 32.1 Å². The highest BCUT2D eigenvalue weighted by Gasteiger charge is 2.25. The molecule has 1 N–H and O–H groups in total. The molecule has 1 aromatic carbocycles. The monoisotopic (exact) mass is 360 g/mol. The zero-order valence-electron chi connectivity index (χ0n) is 11.9. The Kier molecular flexibility index (Phi) is 6.19. The van der Waals surface area contributed by atoms with Gasteiger partial charge in [0.1, 0.15) is 5.75 Å². The number of aliphatic hydroxyl groups is 1. The second kappa shape index (κ2) is 7.67. The van der Waals surface area contributed by atoms with E-state index in [0.29, 0.717) is 16.7 Å². The molecule has 2 nitrogen and oxygen atoms in total. The Morgan fingerprint density at radius 1 is 1.20 bits per heavy atom. The van der Waals surface area contributed by atoms with Crippen molar-refractivity contribution in [2.24, 2.45) is 5.92 Å². The van der Waals surface area contributed by atoms with Crippen molar-refractivity contribution in [1.82, 2.24) is 0 Å². The quantitative estimate of drug-likeness (QED) is 0.769. The topological polar surface area (TPSA) is 29.5 Å². The summed E-state index contributed by atoms with van der Waals surface area (Å²) in [7, 11) is 1.63. The van der Waals surface area contributed by atoms with E-state index < -0.39 is 6.10 Å². The van der Waals surface area contributed by atoms with Crippen molar-refractivity contribution in [3.63, 3.8) is 0 Å². The molecular formula is C16H22BrClO2. The van der Waals surface area contributed by atoms with Gasteiger partial charge in [0.15, 0.2) is 0 Å². The third-order valence-corrected chi connectivity index (χ3v) is 4.96. The predicted molar refractivity (Wildman–Crippen MR) is 86.5 cm³/mol. The van der Waals surface area contributed by atoms with Crippen LogP contribution in [0.4, 0.5) is 0 Å². The summed E-state index contributed by atoms with van der Waals surface area (Å²) in [6, 6.07) is 3.63. The highest BCUT2D eigenvalue weighted by molar-refractivity contribution is 9.10. The molecule has 1 aromatic rings. The molecule has 0 aliphatic heterocycles. The smallest absolute Gasteiger partial charge is 0.138 e. The second-order valence-corrected chi connectivity index (χ2v) is 6.85. The van der Waals surface area contributed by atoms with Gasteiger partial charge in [0, 0.05) is 10.6 Å². The van der Waals surface area contributed by atoms with Crippen LogP contribution in [-0.4, -0.2) is 12.2 Å². The third kappa shape index (κ3) is 3.90. The average Bonchev–Trinajstić information content (AvgIpc) is 2.36. The van der Waals surface area contributed by atoms with E-state index in [1.807, 2.05) is 6.07 Å². The van der Waals surface area contributed by atoms with Crippen LogP contribution in [0.1, 0.15) is 56.6 Å². The molecule has 4 heteroatoms. The molecule has 0 radical (unpaired) electrons. The number of halogens is 2. The Morgan fingerprint density at radius 3 is 2.40 bits per heavy atom. The standard InChI is InChI=1S/C16H22BrClO2/c1-20-16-13(9-12(18)10-14(16)17)15(19)11-7-5-3-2-4-6-8-11/h9-11,15,19H,2-8H2,1H3. The first-order chi connectivity index (χ1) is 9.63. The van der Waals surface area contributed by atoms with Crippen LogP contribution in [0, 0.1) is 5.92 Å². The van der Waals surface area contributed by atoms with Gasteiger partial charge in [0.25, 0.3) is 0 Å². The Morgan fingerprint density at radius 2 is 1.80 bits per heavy atom. The number of benzene rings is 1. The van der Waals surface area contributed by atoms with E-state index in [0.717, 1.165) is 22.9 Å². The van der Waals surface area contributed by atoms with Gasteiger partial charge in [-0.2, -0.15) is 0 Å². The molecule has 1 saturated carbocycles. The molecule has 1 atom stereocenters. The summed E-state index contributed by atoms with van der Waals surface area (Å²) in [6.07, 6.45) is 7.94. The van der Waals surface area contributed by atoms with Crippen molar-refractivity contribution in [2.45, 2.75) is 51.0 Å². The summed E-state index contributed by atoms with van der Waals surface area (Å²) < 4.78 is 6.23. The lowest BCUT2D eigenvalue weighted by molar-refractivity contribution is 0.0887. The highest BCUT2D eigenvalue weighted by atomic mass is 79.9. The number of ether oxygens (including phenoxy) is 1. The number of aliphatic hydroxyl groups excluding tert-OH is 1. The lowest BCUT2D eigenvalue weighted by atomic mass is 9.84. The van der Waals surface area contributed by atoms with Gasteiger partial charge < -0.3 is 9.84 Å². The fourth-order valence-electron chi connectivity index (χ4n) is 3.07. The lowest BCUT2D eigenvalue weighted by Crippen LogP contribution is -2.15. The van der Waals surface area contributed by atoms with Gasteiger partial charge in [-0.05, 0) is 46.8 Å². The van der Waals surface area contributed by atoms with Gasteiger partial charge >= 0.3 is 0 Å². The normalized spacial score (nSPS) is 19.2. The molecule has 0 aromatic heterocycles. The van der Waals surface area contributed by atoms with E-state index >= 15 is 0 Å². The first-order valence-electron chi connectivity index (χ1n) is 7.34. The zero-order chi connectivity index (χ0) is 14.5. The largest absolute Gasteiger partial charge is 0.495 e. The van der Waals surface area contributed by atoms with Gasteiger partial charge in [-0.1, -0.05) is 43.7 Å². The summed E-state index contributed by atoms with van der Waals surface area (Å²) in [4.78, 5) is 0. The van der Waals surface area contributed by atoms with E-state index in [1.54, 1.807) is 13.2 Å². The summed E-state index contributed by atoms with van der Waals surface area (Å²) >= 11 is 9.58. The van der Waals surface area contributed by atoms with Gasteiger partial charge in [-0.3, -0.25) is 0 Å². The fourth-order valence-corrected chi connectivity index (χ4v) is 4.07. The number of methoxy groups -OCH3 is 1. The Bertz CT molecular complexity index is 442. The van der Waals surface area contributed by atoms with Crippen molar-refractivity contribution < 1.29 is 9.84 Å². The molecule has 1 fully saturated rings. The maximum atomic E-state index is 10.8. The van der Waals surface area contributed by atoms with Crippen LogP contribution < -0.4 is 4.74 Å². The van der Waals surface area contributed by atoms with Crippen LogP contribution in [0.25, 0.3) is 0 Å². The third-order valence-electron chi connectivity index (χ3n) is 4.16. The Hall–Kier alpha value is -0.250. The second-order valence-electron chi connectivity index (χ2n) is 5.56. The molecule has 0 heterocycles. The Balaban J connectivity index is 2.24. The van der Waals surface area contributed by atoms with Crippen molar-refractivity contribution in [3.8, 4) is 5.75 Å². The van der Waals surface area contributed by atoms with Gasteiger partial charge in [0.2, 0.25) is 0 Å². The summed E-state index contributed by atoms with van der Waals surface area (Å²) in [5, 5.41) is 11.4. The molecule has 0 saturated heterocycles. The minimum absolute atomic E-state index is 0.301. The number of hydrogen-bond donors (Lipinski definition) is 1. The highest BCUT2D eigenvalue weighted by Crippen LogP contribution is 2.41. The summed E-state index contributed by atoms with van der Waals surface area (Å²) in [6.45, 7) is 0. The maximum absolute atomic E-state index is 10.8. The van der Waals surface area contributed by atoms with Crippen LogP contribution in [0.15, 0.2) is 16.6 Å². The predicted octanol–water partition coefficient (Wildman–Crippen LogP) is 5.51. The SMILES string of the molecule is COc1c(Br)cc(Cl)cc1C(O)C1CCCCCCC1. The van der Waals surface area contributed by atoms with Crippen molar-refractivity contribution in [2.75, 3.05) is 7.11 Å². The lowest BCUT2D eigenvalue weighted by Gasteiger charge is -2.26. The molecule has 1 unspecified atom stereocenters. The number of hydrogen-bond acceptors (Lipinski definition) is 2. The molecular weight excluding hydrogens is 340 g/mol. The molecule has 0 spiro atoms. The molecule has 1 aliphatic carbocycles. The fraction of sp³-hybridized carbons (Fsp3) is 0.625. The summed E-state index contributed by atoms with van der Waals surface area (Å²) in [5.74, 6) is 0.999. The zero-order valence-corrected chi connectivity index (χ0v) is 14.2. The van der Waals surface area contributed by atoms with Gasteiger partial charge in [-0.15, -0.1) is 0 Å². The van der Waals surface area contributed by atoms with E-state index in [2.05, 4.69) is 15.9 Å². The van der Waals surface area contributed by atoms with Crippen LogP contribution in [0.3, 0.4) is 0 Å². The number of rotatable bonds is 3. The minimum Gasteiger partial charge on any atom is -0.495 e. The summed E-state index contributed by atoms with van der Waals surface area (Å²) in [5.41, 5.74) is 0.803. The van der Waals surface area contributed by atoms with Crippen molar-refractivity contribution in [3.05, 3.63) is 27.2 Å². The first-order valence-corrected chi connectivity index (χ1v) is 8.51. The first kappa shape index (κ1) is 16.1.